The number of hydrogen-bond donors (Lipinski definition) is 0. The maximum Gasteiger partial charge on any atom is 0.123 e. The van der Waals surface area contributed by atoms with E-state index in [0.29, 0.717) is 6.33 Å². The lowest BCUT2D eigenvalue weighted by atomic mass is 9.78. The van der Waals surface area contributed by atoms with Crippen molar-refractivity contribution in [3.8, 4) is 0 Å². The highest BCUT2D eigenvalue weighted by atomic mass is 19.1. The molecule has 0 nitrogen and oxygen atoms in total. The van der Waals surface area contributed by atoms with Gasteiger partial charge in [-0.15, -0.1) is 0 Å². The van der Waals surface area contributed by atoms with Crippen LogP contribution in [0.2, 0.25) is 0 Å². The minimum absolute atomic E-state index is 0.144. The Balaban J connectivity index is 1.54. The lowest BCUT2D eigenvalue weighted by Crippen LogP contribution is -2.15. The summed E-state index contributed by atoms with van der Waals surface area (Å²) in [4.78, 5) is 0. The predicted octanol–water partition coefficient (Wildman–Crippen LogP) is 7.00. The zero-order valence-corrected chi connectivity index (χ0v) is 14.2. The first-order valence-corrected chi connectivity index (χ1v) is 9.27. The Bertz CT molecular complexity index is 441. The first-order chi connectivity index (χ1) is 11.3. The molecule has 2 rings (SSSR count). The molecule has 0 aromatic heterocycles. The standard InChI is InChI=1S/C21H30F2/c22-17-5-3-1-2-4-6-18-7-9-19(10-8-18)11-12-20-13-15-21(23)16-14-20/h5,13-19H,1-4,6-12H2/b17-5+/t18-,19-. The number of rotatable bonds is 9. The van der Waals surface area contributed by atoms with E-state index in [1.807, 2.05) is 12.1 Å². The van der Waals surface area contributed by atoms with Gasteiger partial charge in [-0.25, -0.2) is 8.78 Å². The molecule has 1 fully saturated rings. The second kappa shape index (κ2) is 10.6. The number of aryl methyl sites for hydroxylation is 1. The van der Waals surface area contributed by atoms with Gasteiger partial charge in [0, 0.05) is 0 Å². The predicted molar refractivity (Wildman–Crippen MR) is 93.5 cm³/mol. The summed E-state index contributed by atoms with van der Waals surface area (Å²) in [6.07, 6.45) is 15.9. The van der Waals surface area contributed by atoms with Crippen LogP contribution >= 0.6 is 0 Å². The Morgan fingerprint density at radius 2 is 1.52 bits per heavy atom. The fraction of sp³-hybridized carbons (Fsp3) is 0.619. The van der Waals surface area contributed by atoms with Crippen LogP contribution in [0.4, 0.5) is 8.78 Å². The van der Waals surface area contributed by atoms with Gasteiger partial charge in [-0.2, -0.15) is 0 Å². The lowest BCUT2D eigenvalue weighted by molar-refractivity contribution is 0.249. The molecule has 1 aliphatic rings. The Hall–Kier alpha value is -1.18. The number of benzene rings is 1. The Kier molecular flexibility index (Phi) is 8.35. The highest BCUT2D eigenvalue weighted by Gasteiger charge is 2.20. The van der Waals surface area contributed by atoms with Crippen molar-refractivity contribution in [2.75, 3.05) is 0 Å². The van der Waals surface area contributed by atoms with Crippen molar-refractivity contribution in [2.45, 2.75) is 70.6 Å². The van der Waals surface area contributed by atoms with Crippen LogP contribution in [0.3, 0.4) is 0 Å². The van der Waals surface area contributed by atoms with Crippen LogP contribution in [-0.4, -0.2) is 0 Å². The molecule has 0 spiro atoms. The van der Waals surface area contributed by atoms with E-state index in [2.05, 4.69) is 0 Å². The second-order valence-corrected chi connectivity index (χ2v) is 7.05. The van der Waals surface area contributed by atoms with Gasteiger partial charge in [0.15, 0.2) is 0 Å². The van der Waals surface area contributed by atoms with Crippen molar-refractivity contribution >= 4 is 0 Å². The number of allylic oxidation sites excluding steroid dienone is 1. The number of hydrogen-bond acceptors (Lipinski definition) is 0. The summed E-state index contributed by atoms with van der Waals surface area (Å²) in [5.74, 6) is 1.62. The highest BCUT2D eigenvalue weighted by molar-refractivity contribution is 5.16. The molecule has 1 saturated carbocycles. The zero-order chi connectivity index (χ0) is 16.3. The molecule has 1 aromatic carbocycles. The fourth-order valence-corrected chi connectivity index (χ4v) is 3.77. The third-order valence-corrected chi connectivity index (χ3v) is 5.29. The largest absolute Gasteiger partial charge is 0.216 e. The average Bonchev–Trinajstić information content (AvgIpc) is 2.58. The van der Waals surface area contributed by atoms with Gasteiger partial charge in [-0.05, 0) is 55.2 Å². The minimum Gasteiger partial charge on any atom is -0.216 e. The normalized spacial score (nSPS) is 21.8. The highest BCUT2D eigenvalue weighted by Crippen LogP contribution is 2.34. The van der Waals surface area contributed by atoms with Crippen LogP contribution in [0.15, 0.2) is 36.7 Å². The average molecular weight is 320 g/mol. The van der Waals surface area contributed by atoms with Gasteiger partial charge < -0.3 is 0 Å². The molecule has 0 amide bonds. The van der Waals surface area contributed by atoms with E-state index < -0.39 is 0 Å². The fourth-order valence-electron chi connectivity index (χ4n) is 3.77. The molecule has 0 saturated heterocycles. The third-order valence-electron chi connectivity index (χ3n) is 5.29. The molecule has 0 unspecified atom stereocenters. The summed E-state index contributed by atoms with van der Waals surface area (Å²) in [7, 11) is 0. The molecule has 0 radical (unpaired) electrons. The summed E-state index contributed by atoms with van der Waals surface area (Å²) in [6.45, 7) is 0. The number of halogens is 2. The van der Waals surface area contributed by atoms with Crippen molar-refractivity contribution in [2.24, 2.45) is 11.8 Å². The minimum atomic E-state index is -0.144. The SMILES string of the molecule is F/C=C/CCCCC[C@H]1CC[C@H](CCc2ccc(F)cc2)CC1. The van der Waals surface area contributed by atoms with Gasteiger partial charge >= 0.3 is 0 Å². The van der Waals surface area contributed by atoms with Crippen LogP contribution in [-0.2, 0) is 6.42 Å². The molecule has 0 bridgehead atoms. The van der Waals surface area contributed by atoms with Crippen LogP contribution < -0.4 is 0 Å². The third kappa shape index (κ3) is 7.28. The maximum absolute atomic E-state index is 12.9. The molecule has 0 heterocycles. The van der Waals surface area contributed by atoms with E-state index in [0.717, 1.165) is 31.1 Å². The van der Waals surface area contributed by atoms with Crippen molar-refractivity contribution in [3.63, 3.8) is 0 Å². The Labute approximate surface area is 140 Å². The van der Waals surface area contributed by atoms with E-state index in [1.165, 1.54) is 56.9 Å². The van der Waals surface area contributed by atoms with E-state index in [-0.39, 0.29) is 5.82 Å². The smallest absolute Gasteiger partial charge is 0.123 e. The van der Waals surface area contributed by atoms with Gasteiger partial charge in [0.2, 0.25) is 0 Å². The molecule has 0 N–H and O–H groups in total. The van der Waals surface area contributed by atoms with Gasteiger partial charge in [-0.3, -0.25) is 0 Å². The van der Waals surface area contributed by atoms with E-state index in [9.17, 15) is 8.78 Å². The lowest BCUT2D eigenvalue weighted by Gasteiger charge is -2.28. The molecule has 128 valence electrons. The quantitative estimate of drug-likeness (QED) is 0.430. The van der Waals surface area contributed by atoms with Crippen LogP contribution in [0.1, 0.15) is 69.8 Å². The summed E-state index contributed by atoms with van der Waals surface area (Å²) in [5.41, 5.74) is 1.26. The molecule has 0 aliphatic heterocycles. The first-order valence-electron chi connectivity index (χ1n) is 9.27. The zero-order valence-electron chi connectivity index (χ0n) is 14.2. The van der Waals surface area contributed by atoms with Gasteiger partial charge in [-0.1, -0.05) is 63.2 Å². The summed E-state index contributed by atoms with van der Waals surface area (Å²) in [5, 5.41) is 0. The topological polar surface area (TPSA) is 0 Å². The molecule has 2 heteroatoms. The van der Waals surface area contributed by atoms with Crippen LogP contribution in [0.5, 0.6) is 0 Å². The Morgan fingerprint density at radius 1 is 0.870 bits per heavy atom. The number of unbranched alkanes of at least 4 members (excludes halogenated alkanes) is 3. The first kappa shape index (κ1) is 18.2. The van der Waals surface area contributed by atoms with Gasteiger partial charge in [0.05, 0.1) is 6.33 Å². The molecule has 23 heavy (non-hydrogen) atoms. The monoisotopic (exact) mass is 320 g/mol. The molecular formula is C21H30F2. The van der Waals surface area contributed by atoms with Crippen molar-refractivity contribution in [1.29, 1.82) is 0 Å². The van der Waals surface area contributed by atoms with E-state index in [1.54, 1.807) is 18.2 Å². The van der Waals surface area contributed by atoms with Crippen molar-refractivity contribution in [3.05, 3.63) is 48.1 Å². The van der Waals surface area contributed by atoms with Gasteiger partial charge in [0.25, 0.3) is 0 Å². The van der Waals surface area contributed by atoms with Crippen molar-refractivity contribution < 1.29 is 8.78 Å². The second-order valence-electron chi connectivity index (χ2n) is 7.05. The van der Waals surface area contributed by atoms with E-state index in [4.69, 9.17) is 0 Å². The van der Waals surface area contributed by atoms with Crippen LogP contribution in [0.25, 0.3) is 0 Å². The summed E-state index contributed by atoms with van der Waals surface area (Å²) < 4.78 is 24.7. The van der Waals surface area contributed by atoms with Crippen LogP contribution in [0, 0.1) is 17.7 Å². The Morgan fingerprint density at radius 3 is 2.17 bits per heavy atom. The van der Waals surface area contributed by atoms with Crippen molar-refractivity contribution in [1.82, 2.24) is 0 Å². The van der Waals surface area contributed by atoms with E-state index >= 15 is 0 Å². The summed E-state index contributed by atoms with van der Waals surface area (Å²) >= 11 is 0. The molecule has 1 aliphatic carbocycles. The summed E-state index contributed by atoms with van der Waals surface area (Å²) in [6, 6.07) is 6.96. The molecular weight excluding hydrogens is 290 g/mol. The maximum atomic E-state index is 12.9. The molecule has 0 atom stereocenters. The van der Waals surface area contributed by atoms with Gasteiger partial charge in [0.1, 0.15) is 5.82 Å². The molecule has 1 aromatic rings.